The molecule has 0 aromatic carbocycles. The van der Waals surface area contributed by atoms with E-state index in [1.807, 2.05) is 0 Å². The van der Waals surface area contributed by atoms with Crippen molar-refractivity contribution in [2.24, 2.45) is 23.7 Å². The normalized spacial score (nSPS) is 39.7. The molecular weight excluding hydrogens is 156 g/mol. The summed E-state index contributed by atoms with van der Waals surface area (Å²) in [6.45, 7) is 4.73. The summed E-state index contributed by atoms with van der Waals surface area (Å²) in [7, 11) is 0. The molecule has 0 radical (unpaired) electrons. The van der Waals surface area contributed by atoms with Crippen LogP contribution < -0.4 is 0 Å². The van der Waals surface area contributed by atoms with Gasteiger partial charge in [0.05, 0.1) is 0 Å². The molecule has 2 rings (SSSR count). The molecule has 0 spiro atoms. The summed E-state index contributed by atoms with van der Waals surface area (Å²) in [6, 6.07) is 0. The second-order valence-corrected chi connectivity index (χ2v) is 5.53. The molecule has 0 N–H and O–H groups in total. The third-order valence-electron chi connectivity index (χ3n) is 4.42. The van der Waals surface area contributed by atoms with Gasteiger partial charge in [-0.15, -0.1) is 0 Å². The van der Waals surface area contributed by atoms with E-state index in [0.717, 1.165) is 11.8 Å². The fourth-order valence-electron chi connectivity index (χ4n) is 2.93. The van der Waals surface area contributed by atoms with Gasteiger partial charge < -0.3 is 0 Å². The Balaban J connectivity index is 1.64. The zero-order valence-electron chi connectivity index (χ0n) is 9.26. The highest BCUT2D eigenvalue weighted by Crippen LogP contribution is 2.52. The van der Waals surface area contributed by atoms with Crippen LogP contribution in [0.1, 0.15) is 58.8 Å². The highest BCUT2D eigenvalue weighted by Gasteiger charge is 2.41. The van der Waals surface area contributed by atoms with Crippen molar-refractivity contribution in [3.05, 3.63) is 0 Å². The van der Waals surface area contributed by atoms with Crippen LogP contribution >= 0.6 is 0 Å². The van der Waals surface area contributed by atoms with Crippen molar-refractivity contribution in [1.29, 1.82) is 0 Å². The minimum atomic E-state index is 0.969. The monoisotopic (exact) mass is 180 g/mol. The molecule has 2 saturated carbocycles. The first-order chi connectivity index (χ1) is 6.29. The molecule has 4 unspecified atom stereocenters. The number of hydrogen-bond acceptors (Lipinski definition) is 0. The zero-order valence-corrected chi connectivity index (χ0v) is 9.26. The van der Waals surface area contributed by atoms with E-state index >= 15 is 0 Å². The molecule has 0 aromatic rings. The molecule has 76 valence electrons. The van der Waals surface area contributed by atoms with Crippen LogP contribution in [0.25, 0.3) is 0 Å². The van der Waals surface area contributed by atoms with Gasteiger partial charge in [0.25, 0.3) is 0 Å². The van der Waals surface area contributed by atoms with E-state index in [4.69, 9.17) is 0 Å². The van der Waals surface area contributed by atoms with Crippen LogP contribution in [-0.4, -0.2) is 0 Å². The van der Waals surface area contributed by atoms with E-state index in [2.05, 4.69) is 13.8 Å². The molecule has 4 atom stereocenters. The Hall–Kier alpha value is 0. The summed E-state index contributed by atoms with van der Waals surface area (Å²) >= 11 is 0. The summed E-state index contributed by atoms with van der Waals surface area (Å²) in [4.78, 5) is 0. The van der Waals surface area contributed by atoms with Crippen LogP contribution in [0, 0.1) is 23.7 Å². The molecule has 2 aliphatic carbocycles. The number of fused-ring (bicyclic) bond motifs is 1. The van der Waals surface area contributed by atoms with E-state index in [-0.39, 0.29) is 0 Å². The maximum atomic E-state index is 2.41. The van der Waals surface area contributed by atoms with Gasteiger partial charge in [0.2, 0.25) is 0 Å². The minimum Gasteiger partial charge on any atom is -0.0651 e. The molecule has 2 fully saturated rings. The Morgan fingerprint density at radius 1 is 1.15 bits per heavy atom. The van der Waals surface area contributed by atoms with Crippen LogP contribution in [0.15, 0.2) is 0 Å². The Morgan fingerprint density at radius 3 is 2.69 bits per heavy atom. The Bertz CT molecular complexity index is 161. The molecule has 0 amide bonds. The van der Waals surface area contributed by atoms with Crippen LogP contribution in [0.3, 0.4) is 0 Å². The van der Waals surface area contributed by atoms with E-state index in [9.17, 15) is 0 Å². The maximum Gasteiger partial charge on any atom is -0.0380 e. The lowest BCUT2D eigenvalue weighted by molar-refractivity contribution is 0.300. The highest BCUT2D eigenvalue weighted by atomic mass is 14.5. The average molecular weight is 180 g/mol. The van der Waals surface area contributed by atoms with Crippen molar-refractivity contribution in [3.63, 3.8) is 0 Å². The quantitative estimate of drug-likeness (QED) is 0.606. The third kappa shape index (κ3) is 2.48. The van der Waals surface area contributed by atoms with Crippen molar-refractivity contribution >= 4 is 0 Å². The van der Waals surface area contributed by atoms with E-state index in [0.29, 0.717) is 0 Å². The molecule has 0 aromatic heterocycles. The smallest absolute Gasteiger partial charge is 0.0380 e. The zero-order chi connectivity index (χ0) is 9.26. The molecule has 2 aliphatic rings. The average Bonchev–Trinajstić information content (AvgIpc) is 2.91. The lowest BCUT2D eigenvalue weighted by Crippen LogP contribution is -2.09. The molecule has 0 aliphatic heterocycles. The van der Waals surface area contributed by atoms with Crippen molar-refractivity contribution in [2.45, 2.75) is 58.8 Å². The van der Waals surface area contributed by atoms with E-state index < -0.39 is 0 Å². The highest BCUT2D eigenvalue weighted by molar-refractivity contribution is 4.92. The predicted molar refractivity (Wildman–Crippen MR) is 57.6 cm³/mol. The summed E-state index contributed by atoms with van der Waals surface area (Å²) < 4.78 is 0. The van der Waals surface area contributed by atoms with Gasteiger partial charge in [-0.25, -0.2) is 0 Å². The summed E-state index contributed by atoms with van der Waals surface area (Å²) in [5, 5.41) is 0. The molecule has 0 heteroatoms. The minimum absolute atomic E-state index is 0.969. The number of hydrogen-bond donors (Lipinski definition) is 0. The van der Waals surface area contributed by atoms with Gasteiger partial charge in [-0.3, -0.25) is 0 Å². The van der Waals surface area contributed by atoms with Crippen LogP contribution in [0.2, 0.25) is 0 Å². The maximum absolute atomic E-state index is 2.41. The molecule has 13 heavy (non-hydrogen) atoms. The fraction of sp³-hybridized carbons (Fsp3) is 1.00. The van der Waals surface area contributed by atoms with E-state index in [1.54, 1.807) is 25.7 Å². The van der Waals surface area contributed by atoms with Gasteiger partial charge in [-0.2, -0.15) is 0 Å². The lowest BCUT2D eigenvalue weighted by atomic mass is 9.84. The number of rotatable bonds is 4. The Morgan fingerprint density at radius 2 is 2.00 bits per heavy atom. The Kier molecular flexibility index (Phi) is 2.96. The molecule has 0 nitrogen and oxygen atoms in total. The second kappa shape index (κ2) is 4.02. The van der Waals surface area contributed by atoms with Gasteiger partial charge >= 0.3 is 0 Å². The molecule has 0 heterocycles. The molecular formula is C13H24. The van der Waals surface area contributed by atoms with E-state index in [1.165, 1.54) is 31.1 Å². The van der Waals surface area contributed by atoms with Crippen molar-refractivity contribution in [1.82, 2.24) is 0 Å². The van der Waals surface area contributed by atoms with Gasteiger partial charge in [-0.05, 0) is 42.9 Å². The Labute approximate surface area is 83.1 Å². The van der Waals surface area contributed by atoms with Crippen LogP contribution in [0.4, 0.5) is 0 Å². The first-order valence-corrected chi connectivity index (χ1v) is 6.29. The summed E-state index contributed by atoms with van der Waals surface area (Å²) in [6.07, 6.45) is 10.7. The molecule has 0 saturated heterocycles. The van der Waals surface area contributed by atoms with Crippen LogP contribution in [0.5, 0.6) is 0 Å². The SMILES string of the molecule is CCC(C)CCC1CCC2CC2C1. The van der Waals surface area contributed by atoms with Crippen LogP contribution in [-0.2, 0) is 0 Å². The standard InChI is InChI=1S/C13H24/c1-3-10(2)4-5-11-6-7-12-9-13(12)8-11/h10-13H,3-9H2,1-2H3. The molecule has 0 bridgehead atoms. The lowest BCUT2D eigenvalue weighted by Gasteiger charge is -2.22. The predicted octanol–water partition coefficient (Wildman–Crippen LogP) is 4.25. The van der Waals surface area contributed by atoms with Gasteiger partial charge in [-0.1, -0.05) is 39.5 Å². The van der Waals surface area contributed by atoms with Gasteiger partial charge in [0.15, 0.2) is 0 Å². The third-order valence-corrected chi connectivity index (χ3v) is 4.42. The van der Waals surface area contributed by atoms with Crippen molar-refractivity contribution in [3.8, 4) is 0 Å². The largest absolute Gasteiger partial charge is 0.0651 e. The van der Waals surface area contributed by atoms with Crippen molar-refractivity contribution in [2.75, 3.05) is 0 Å². The summed E-state index contributed by atoms with van der Waals surface area (Å²) in [5.41, 5.74) is 0. The summed E-state index contributed by atoms with van der Waals surface area (Å²) in [5.74, 6) is 4.44. The first-order valence-electron chi connectivity index (χ1n) is 6.29. The first kappa shape index (κ1) is 9.55. The fourth-order valence-corrected chi connectivity index (χ4v) is 2.93. The second-order valence-electron chi connectivity index (χ2n) is 5.53. The topological polar surface area (TPSA) is 0 Å². The van der Waals surface area contributed by atoms with Crippen molar-refractivity contribution < 1.29 is 0 Å². The van der Waals surface area contributed by atoms with Gasteiger partial charge in [0.1, 0.15) is 0 Å². The van der Waals surface area contributed by atoms with Gasteiger partial charge in [0, 0.05) is 0 Å².